The highest BCUT2D eigenvalue weighted by atomic mass is 32.1. The second-order valence-corrected chi connectivity index (χ2v) is 11.0. The van der Waals surface area contributed by atoms with Crippen LogP contribution in [-0.4, -0.2) is 29.6 Å². The third-order valence-corrected chi connectivity index (χ3v) is 8.02. The minimum atomic E-state index is -0.675. The summed E-state index contributed by atoms with van der Waals surface area (Å²) >= 11 is 2.63. The van der Waals surface area contributed by atoms with Gasteiger partial charge in [-0.15, -0.1) is 17.9 Å². The first-order valence-corrected chi connectivity index (χ1v) is 13.3. The Morgan fingerprint density at radius 2 is 2.00 bits per heavy atom. The summed E-state index contributed by atoms with van der Waals surface area (Å²) in [5.41, 5.74) is 2.30. The average molecular weight is 520 g/mol. The molecule has 0 unspecified atom stereocenters. The van der Waals surface area contributed by atoms with E-state index in [-0.39, 0.29) is 24.0 Å². The first-order chi connectivity index (χ1) is 17.3. The van der Waals surface area contributed by atoms with Crippen LogP contribution in [0.15, 0.2) is 75.5 Å². The quantitative estimate of drug-likeness (QED) is 0.369. The van der Waals surface area contributed by atoms with Gasteiger partial charge in [-0.3, -0.25) is 14.2 Å². The Labute approximate surface area is 216 Å². The first-order valence-electron chi connectivity index (χ1n) is 11.6. The van der Waals surface area contributed by atoms with Gasteiger partial charge in [-0.2, -0.15) is 0 Å². The fourth-order valence-electron chi connectivity index (χ4n) is 4.48. The van der Waals surface area contributed by atoms with Crippen molar-refractivity contribution in [1.29, 1.82) is 0 Å². The molecule has 2 aliphatic rings. The minimum absolute atomic E-state index is 0.171. The molecule has 1 atom stereocenters. The Morgan fingerprint density at radius 3 is 2.69 bits per heavy atom. The number of fused-ring (bicyclic) bond motifs is 2. The van der Waals surface area contributed by atoms with Gasteiger partial charge in [-0.05, 0) is 30.4 Å². The van der Waals surface area contributed by atoms with Gasteiger partial charge in [-0.25, -0.2) is 9.79 Å². The van der Waals surface area contributed by atoms with Gasteiger partial charge in [-0.1, -0.05) is 55.5 Å². The largest absolute Gasteiger partial charge is 0.462 e. The number of para-hydroxylation sites is 1. The molecular formula is C27H25N3O4S2. The Balaban J connectivity index is 1.75. The van der Waals surface area contributed by atoms with Crippen LogP contribution in [0.2, 0.25) is 0 Å². The van der Waals surface area contributed by atoms with Crippen molar-refractivity contribution in [2.24, 2.45) is 10.9 Å². The van der Waals surface area contributed by atoms with Crippen LogP contribution >= 0.6 is 22.7 Å². The number of esters is 1. The van der Waals surface area contributed by atoms with Crippen LogP contribution in [0.5, 0.6) is 0 Å². The van der Waals surface area contributed by atoms with E-state index in [1.807, 2.05) is 55.6 Å². The second kappa shape index (κ2) is 9.48. The summed E-state index contributed by atoms with van der Waals surface area (Å²) in [5, 5.41) is 1.91. The fourth-order valence-corrected chi connectivity index (χ4v) is 6.44. The van der Waals surface area contributed by atoms with Crippen LogP contribution in [0, 0.1) is 5.92 Å². The SMILES string of the molecule is C=CCN1C(=O)/C(=c2\sc3n(c2=O)[C@H](c2cccs2)C(C(=O)OCC(C)C)=C(C)N=3)c2ccccc21. The maximum atomic E-state index is 14.0. The van der Waals surface area contributed by atoms with Gasteiger partial charge in [0.05, 0.1) is 29.1 Å². The lowest BCUT2D eigenvalue weighted by Crippen LogP contribution is -2.40. The van der Waals surface area contributed by atoms with Crippen LogP contribution in [-0.2, 0) is 14.3 Å². The van der Waals surface area contributed by atoms with E-state index in [1.54, 1.807) is 17.9 Å². The Bertz CT molecular complexity index is 1590. The van der Waals surface area contributed by atoms with E-state index >= 15 is 0 Å². The number of thiazole rings is 1. The van der Waals surface area contributed by atoms with E-state index in [4.69, 9.17) is 4.74 Å². The molecule has 0 saturated carbocycles. The molecule has 9 heteroatoms. The predicted molar refractivity (Wildman–Crippen MR) is 142 cm³/mol. The van der Waals surface area contributed by atoms with Crippen LogP contribution in [0.25, 0.3) is 5.57 Å². The lowest BCUT2D eigenvalue weighted by Gasteiger charge is -2.23. The van der Waals surface area contributed by atoms with Crippen LogP contribution in [0.1, 0.15) is 37.3 Å². The molecule has 0 radical (unpaired) electrons. The number of ether oxygens (including phenoxy) is 1. The lowest BCUT2D eigenvalue weighted by atomic mass is 10.0. The van der Waals surface area contributed by atoms with Crippen molar-refractivity contribution in [3.63, 3.8) is 0 Å². The average Bonchev–Trinajstić information content (AvgIpc) is 3.55. The number of carbonyl (C=O) groups excluding carboxylic acids is 2. The predicted octanol–water partition coefficient (Wildman–Crippen LogP) is 3.40. The minimum Gasteiger partial charge on any atom is -0.462 e. The molecule has 0 N–H and O–H groups in total. The van der Waals surface area contributed by atoms with Crippen LogP contribution in [0.4, 0.5) is 5.69 Å². The standard InChI is InChI=1S/C27H25N3O4S2/c1-5-12-29-18-10-7-6-9-17(18)21(24(29)31)23-25(32)30-22(19-11-8-13-35-19)20(16(4)28-27(30)36-23)26(33)34-14-15(2)3/h5-11,13,15,22H,1,12,14H2,2-4H3/b23-21-/t22-/m1/s1. The summed E-state index contributed by atoms with van der Waals surface area (Å²) in [4.78, 5) is 48.2. The molecule has 4 heterocycles. The maximum Gasteiger partial charge on any atom is 0.338 e. The van der Waals surface area contributed by atoms with E-state index < -0.39 is 12.0 Å². The molecule has 1 amide bonds. The van der Waals surface area contributed by atoms with Crippen molar-refractivity contribution in [2.75, 3.05) is 18.1 Å². The molecule has 1 aromatic carbocycles. The van der Waals surface area contributed by atoms with Gasteiger partial charge in [0.15, 0.2) is 4.80 Å². The third-order valence-electron chi connectivity index (χ3n) is 6.04. The molecule has 2 aliphatic heterocycles. The van der Waals surface area contributed by atoms with Crippen molar-refractivity contribution < 1.29 is 14.3 Å². The van der Waals surface area contributed by atoms with Crippen molar-refractivity contribution in [3.05, 3.63) is 95.8 Å². The van der Waals surface area contributed by atoms with Gasteiger partial charge in [0, 0.05) is 17.0 Å². The number of carbonyl (C=O) groups is 2. The molecule has 0 bridgehead atoms. The Hall–Kier alpha value is -3.56. The van der Waals surface area contributed by atoms with Crippen LogP contribution in [0.3, 0.4) is 0 Å². The van der Waals surface area contributed by atoms with E-state index in [0.29, 0.717) is 38.3 Å². The fraction of sp³-hybridized carbons (Fsp3) is 0.259. The van der Waals surface area contributed by atoms with Crippen molar-refractivity contribution in [2.45, 2.75) is 26.8 Å². The number of amides is 1. The zero-order chi connectivity index (χ0) is 25.6. The molecule has 7 nitrogen and oxygen atoms in total. The zero-order valence-electron chi connectivity index (χ0n) is 20.2. The number of allylic oxidation sites excluding steroid dienone is 1. The molecule has 0 saturated heterocycles. The molecule has 0 spiro atoms. The van der Waals surface area contributed by atoms with Gasteiger partial charge < -0.3 is 9.64 Å². The molecule has 5 rings (SSSR count). The number of nitrogens with zero attached hydrogens (tertiary/aromatic N) is 3. The highest BCUT2D eigenvalue weighted by molar-refractivity contribution is 7.10. The number of anilines is 1. The molecule has 0 aliphatic carbocycles. The van der Waals surface area contributed by atoms with Crippen LogP contribution < -0.4 is 19.8 Å². The van der Waals surface area contributed by atoms with Crippen molar-refractivity contribution >= 4 is 45.8 Å². The molecule has 3 aromatic rings. The second-order valence-electron chi connectivity index (χ2n) is 9.01. The number of aromatic nitrogens is 1. The highest BCUT2D eigenvalue weighted by Gasteiger charge is 2.37. The summed E-state index contributed by atoms with van der Waals surface area (Å²) in [7, 11) is 0. The molecule has 0 fully saturated rings. The van der Waals surface area contributed by atoms with E-state index in [0.717, 1.165) is 10.6 Å². The summed E-state index contributed by atoms with van der Waals surface area (Å²) in [5.74, 6) is -0.563. The zero-order valence-corrected chi connectivity index (χ0v) is 21.8. The lowest BCUT2D eigenvalue weighted by molar-refractivity contribution is -0.140. The highest BCUT2D eigenvalue weighted by Crippen LogP contribution is 2.36. The van der Waals surface area contributed by atoms with E-state index in [2.05, 4.69) is 11.6 Å². The molecule has 36 heavy (non-hydrogen) atoms. The molecular weight excluding hydrogens is 494 g/mol. The summed E-state index contributed by atoms with van der Waals surface area (Å²) in [6.45, 7) is 10.1. The summed E-state index contributed by atoms with van der Waals surface area (Å²) < 4.78 is 7.41. The van der Waals surface area contributed by atoms with Crippen molar-refractivity contribution in [3.8, 4) is 0 Å². The Kier molecular flexibility index (Phi) is 6.36. The number of benzene rings is 1. The van der Waals surface area contributed by atoms with E-state index in [9.17, 15) is 14.4 Å². The third kappa shape index (κ3) is 3.88. The number of hydrogen-bond acceptors (Lipinski definition) is 7. The number of hydrogen-bond donors (Lipinski definition) is 0. The van der Waals surface area contributed by atoms with Crippen molar-refractivity contribution in [1.82, 2.24) is 4.57 Å². The normalized spacial score (nSPS) is 18.3. The number of thiophene rings is 1. The number of rotatable bonds is 6. The summed E-state index contributed by atoms with van der Waals surface area (Å²) in [6, 6.07) is 10.5. The molecule has 2 aromatic heterocycles. The summed E-state index contributed by atoms with van der Waals surface area (Å²) in [6.07, 6.45) is 1.66. The Morgan fingerprint density at radius 1 is 1.22 bits per heavy atom. The molecule has 184 valence electrons. The first kappa shape index (κ1) is 24.1. The van der Waals surface area contributed by atoms with Gasteiger partial charge in [0.2, 0.25) is 0 Å². The van der Waals surface area contributed by atoms with Gasteiger partial charge >= 0.3 is 5.97 Å². The van der Waals surface area contributed by atoms with Gasteiger partial charge in [0.25, 0.3) is 11.5 Å². The smallest absolute Gasteiger partial charge is 0.338 e. The van der Waals surface area contributed by atoms with Gasteiger partial charge in [0.1, 0.15) is 10.6 Å². The maximum absolute atomic E-state index is 14.0. The monoisotopic (exact) mass is 519 g/mol. The topological polar surface area (TPSA) is 81.0 Å². The van der Waals surface area contributed by atoms with E-state index in [1.165, 1.54) is 27.2 Å².